The van der Waals surface area contributed by atoms with E-state index in [4.69, 9.17) is 4.74 Å². The van der Waals surface area contributed by atoms with Gasteiger partial charge in [0.2, 0.25) is 0 Å². The standard InChI is InChI=1S/C33H42O5/c1-21(2)13-14-25-19-31(17-15-22(3)4)28(35)26(27(34)24-11-9-8-10-12-24)29(36)32(18-16-23(5)6)20-30(25,7)38-33(31,32)37/h8-12,15-16,25,34,37H,1,13-14,17-20H2,2-7H3/b27-26+/t25-,30+,31-,32+,33-/m1/s1. The van der Waals surface area contributed by atoms with Crippen LogP contribution in [-0.2, 0) is 14.3 Å². The predicted molar refractivity (Wildman–Crippen MR) is 150 cm³/mol. The summed E-state index contributed by atoms with van der Waals surface area (Å²) in [5.41, 5.74) is -0.378. The second-order valence-electron chi connectivity index (χ2n) is 12.5. The number of ketones is 2. The zero-order chi connectivity index (χ0) is 28.1. The highest BCUT2D eigenvalue weighted by molar-refractivity contribution is 6.30. The Bertz CT molecular complexity index is 1250. The van der Waals surface area contributed by atoms with Crippen LogP contribution in [0.5, 0.6) is 0 Å². The van der Waals surface area contributed by atoms with E-state index >= 15 is 0 Å². The molecule has 2 N–H and O–H groups in total. The van der Waals surface area contributed by atoms with E-state index < -0.39 is 33.8 Å². The maximum Gasteiger partial charge on any atom is 0.193 e. The minimum Gasteiger partial charge on any atom is -0.506 e. The van der Waals surface area contributed by atoms with Crippen LogP contribution in [0.3, 0.4) is 0 Å². The summed E-state index contributed by atoms with van der Waals surface area (Å²) in [6, 6.07) is 8.72. The fraction of sp³-hybridized carbons (Fsp3) is 0.515. The predicted octanol–water partition coefficient (Wildman–Crippen LogP) is 7.04. The molecule has 204 valence electrons. The average molecular weight is 519 g/mol. The summed E-state index contributed by atoms with van der Waals surface area (Å²) in [6.07, 6.45) is 6.49. The first-order valence-corrected chi connectivity index (χ1v) is 13.6. The van der Waals surface area contributed by atoms with Gasteiger partial charge in [0.25, 0.3) is 0 Å². The van der Waals surface area contributed by atoms with Crippen LogP contribution in [0, 0.1) is 16.7 Å². The number of aliphatic hydroxyl groups excluding tert-OH is 1. The Morgan fingerprint density at radius 3 is 2.11 bits per heavy atom. The molecule has 0 unspecified atom stereocenters. The molecule has 2 aliphatic heterocycles. The van der Waals surface area contributed by atoms with E-state index in [1.54, 1.807) is 24.3 Å². The third kappa shape index (κ3) is 4.15. The Balaban J connectivity index is 2.04. The summed E-state index contributed by atoms with van der Waals surface area (Å²) < 4.78 is 6.65. The molecule has 2 bridgehead atoms. The van der Waals surface area contributed by atoms with Crippen molar-refractivity contribution in [2.75, 3.05) is 0 Å². The molecule has 0 radical (unpaired) electrons. The molecule has 3 fully saturated rings. The van der Waals surface area contributed by atoms with Gasteiger partial charge in [-0.15, -0.1) is 6.58 Å². The van der Waals surface area contributed by atoms with E-state index in [9.17, 15) is 19.8 Å². The fourth-order valence-corrected chi connectivity index (χ4v) is 6.97. The van der Waals surface area contributed by atoms with Crippen LogP contribution < -0.4 is 0 Å². The largest absolute Gasteiger partial charge is 0.506 e. The molecule has 0 spiro atoms. The number of aliphatic hydroxyl groups is 2. The monoisotopic (exact) mass is 518 g/mol. The number of carbonyl (C=O) groups is 2. The number of rotatable bonds is 8. The van der Waals surface area contributed by atoms with Gasteiger partial charge < -0.3 is 14.9 Å². The van der Waals surface area contributed by atoms with Crippen molar-refractivity contribution < 1.29 is 24.5 Å². The number of carbonyl (C=O) groups excluding carboxylic acids is 2. The molecule has 3 aliphatic rings. The molecular weight excluding hydrogens is 476 g/mol. The molecule has 1 aromatic rings. The first-order chi connectivity index (χ1) is 17.7. The molecule has 38 heavy (non-hydrogen) atoms. The third-order valence-corrected chi connectivity index (χ3v) is 9.03. The van der Waals surface area contributed by atoms with Gasteiger partial charge in [-0.25, -0.2) is 0 Å². The Kier molecular flexibility index (Phi) is 7.26. The minimum absolute atomic E-state index is 0.0754. The summed E-state index contributed by atoms with van der Waals surface area (Å²) >= 11 is 0. The Labute approximate surface area is 227 Å². The molecule has 5 nitrogen and oxygen atoms in total. The van der Waals surface area contributed by atoms with E-state index in [-0.39, 0.29) is 36.5 Å². The second kappa shape index (κ2) is 9.77. The molecule has 0 amide bonds. The summed E-state index contributed by atoms with van der Waals surface area (Å²) in [5.74, 6) is -3.45. The highest BCUT2D eigenvalue weighted by Gasteiger charge is 2.82. The quantitative estimate of drug-likeness (QED) is 0.167. The van der Waals surface area contributed by atoms with Crippen LogP contribution in [0.4, 0.5) is 0 Å². The number of Topliss-reactive ketones (excluding diaryl/α,β-unsaturated/α-hetero) is 2. The molecule has 2 saturated heterocycles. The molecule has 1 saturated carbocycles. The molecular formula is C33H42O5. The van der Waals surface area contributed by atoms with Crippen LogP contribution in [0.1, 0.15) is 85.6 Å². The van der Waals surface area contributed by atoms with E-state index in [2.05, 4.69) is 6.58 Å². The zero-order valence-electron chi connectivity index (χ0n) is 23.7. The van der Waals surface area contributed by atoms with Crippen molar-refractivity contribution in [3.8, 4) is 0 Å². The van der Waals surface area contributed by atoms with Gasteiger partial charge in [0.05, 0.1) is 16.4 Å². The van der Waals surface area contributed by atoms with Crippen molar-refractivity contribution in [1.82, 2.24) is 0 Å². The summed E-state index contributed by atoms with van der Waals surface area (Å²) in [6.45, 7) is 15.8. The fourth-order valence-electron chi connectivity index (χ4n) is 6.97. The normalized spacial score (nSPS) is 35.1. The SMILES string of the molecule is C=C(C)CC[C@@H]1C[C@]2(CC=C(C)C)C(=O)/C(=C(\O)c3ccccc3)C(=O)[C@]3(CC=C(C)C)C[C@]1(C)O[C@@]32O. The summed E-state index contributed by atoms with van der Waals surface area (Å²) in [5, 5.41) is 24.1. The molecule has 2 heterocycles. The highest BCUT2D eigenvalue weighted by atomic mass is 16.7. The van der Waals surface area contributed by atoms with Gasteiger partial charge in [0.15, 0.2) is 17.4 Å². The summed E-state index contributed by atoms with van der Waals surface area (Å²) in [4.78, 5) is 29.2. The number of allylic oxidation sites excluding steroid dienone is 6. The number of ether oxygens (including phenoxy) is 1. The molecule has 4 rings (SSSR count). The van der Waals surface area contributed by atoms with Gasteiger partial charge in [-0.1, -0.05) is 59.2 Å². The number of hydrogen-bond donors (Lipinski definition) is 2. The molecule has 1 aromatic carbocycles. The van der Waals surface area contributed by atoms with E-state index in [0.29, 0.717) is 12.0 Å². The molecule has 5 heteroatoms. The van der Waals surface area contributed by atoms with Gasteiger partial charge in [-0.05, 0) is 86.0 Å². The number of hydrogen-bond acceptors (Lipinski definition) is 5. The first kappa shape index (κ1) is 28.3. The Morgan fingerprint density at radius 1 is 1.00 bits per heavy atom. The van der Waals surface area contributed by atoms with Crippen molar-refractivity contribution in [3.05, 3.63) is 76.9 Å². The van der Waals surface area contributed by atoms with Gasteiger partial charge in [-0.3, -0.25) is 9.59 Å². The lowest BCUT2D eigenvalue weighted by Crippen LogP contribution is -2.70. The van der Waals surface area contributed by atoms with Crippen LogP contribution in [0.25, 0.3) is 5.76 Å². The van der Waals surface area contributed by atoms with Gasteiger partial charge >= 0.3 is 0 Å². The van der Waals surface area contributed by atoms with Crippen molar-refractivity contribution in [2.45, 2.75) is 91.5 Å². The number of fused-ring (bicyclic) bond motifs is 1. The van der Waals surface area contributed by atoms with Gasteiger partial charge in [0, 0.05) is 5.56 Å². The molecule has 5 atom stereocenters. The second-order valence-corrected chi connectivity index (χ2v) is 12.5. The van der Waals surface area contributed by atoms with E-state index in [1.165, 1.54) is 0 Å². The number of benzene rings is 1. The third-order valence-electron chi connectivity index (χ3n) is 9.03. The highest BCUT2D eigenvalue weighted by Crippen LogP contribution is 2.72. The van der Waals surface area contributed by atoms with E-state index in [0.717, 1.165) is 29.6 Å². The Hall–Kier alpha value is -2.76. The lowest BCUT2D eigenvalue weighted by Gasteiger charge is -2.58. The van der Waals surface area contributed by atoms with Crippen LogP contribution >= 0.6 is 0 Å². The first-order valence-electron chi connectivity index (χ1n) is 13.6. The van der Waals surface area contributed by atoms with Crippen molar-refractivity contribution in [2.24, 2.45) is 16.7 Å². The van der Waals surface area contributed by atoms with Crippen LogP contribution in [0.15, 0.2) is 71.4 Å². The van der Waals surface area contributed by atoms with Crippen molar-refractivity contribution in [3.63, 3.8) is 0 Å². The topological polar surface area (TPSA) is 83.8 Å². The summed E-state index contributed by atoms with van der Waals surface area (Å²) in [7, 11) is 0. The van der Waals surface area contributed by atoms with E-state index in [1.807, 2.05) is 59.8 Å². The Morgan fingerprint density at radius 2 is 1.55 bits per heavy atom. The van der Waals surface area contributed by atoms with Crippen molar-refractivity contribution in [1.29, 1.82) is 0 Å². The van der Waals surface area contributed by atoms with Gasteiger partial charge in [-0.2, -0.15) is 0 Å². The minimum atomic E-state index is -2.00. The van der Waals surface area contributed by atoms with Crippen molar-refractivity contribution >= 4 is 17.3 Å². The maximum absolute atomic E-state index is 14.6. The van der Waals surface area contributed by atoms with Gasteiger partial charge in [0.1, 0.15) is 11.3 Å². The smallest absolute Gasteiger partial charge is 0.193 e. The van der Waals surface area contributed by atoms with Crippen LogP contribution in [-0.4, -0.2) is 33.2 Å². The lowest BCUT2D eigenvalue weighted by atomic mass is 9.51. The molecule has 1 aliphatic carbocycles. The van der Waals surface area contributed by atoms with Crippen LogP contribution in [0.2, 0.25) is 0 Å². The lowest BCUT2D eigenvalue weighted by molar-refractivity contribution is -0.339. The zero-order valence-corrected chi connectivity index (χ0v) is 23.7. The molecule has 0 aromatic heterocycles. The average Bonchev–Trinajstić information content (AvgIpc) is 3.08. The maximum atomic E-state index is 14.6.